The zero-order chi connectivity index (χ0) is 46.5. The number of hydrogen-bond acceptors (Lipinski definition) is 5. The zero-order valence-electron chi connectivity index (χ0n) is 43.5. The van der Waals surface area contributed by atoms with Crippen molar-refractivity contribution in [2.45, 2.75) is 347 Å². The van der Waals surface area contributed by atoms with E-state index in [0.717, 1.165) is 44.9 Å². The summed E-state index contributed by atoms with van der Waals surface area (Å²) in [5.74, 6) is -0.0337. The zero-order valence-corrected chi connectivity index (χ0v) is 43.5. The minimum absolute atomic E-state index is 0.00401. The van der Waals surface area contributed by atoms with Crippen LogP contribution in [0, 0.1) is 0 Å². The van der Waals surface area contributed by atoms with Crippen molar-refractivity contribution in [1.29, 1.82) is 0 Å². The summed E-state index contributed by atoms with van der Waals surface area (Å²) in [5, 5.41) is 23.3. The van der Waals surface area contributed by atoms with Crippen molar-refractivity contribution in [2.75, 3.05) is 13.2 Å². The fraction of sp³-hybridized carbons (Fsp3) is 0.966. The summed E-state index contributed by atoms with van der Waals surface area (Å²) in [7, 11) is 0. The Bertz CT molecular complexity index is 913. The molecule has 0 radical (unpaired) electrons. The van der Waals surface area contributed by atoms with E-state index in [2.05, 4.69) is 19.2 Å². The van der Waals surface area contributed by atoms with Crippen molar-refractivity contribution < 1.29 is 24.5 Å². The SMILES string of the molecule is CCCCCCCCCCCCCCCCCCCCCCC(O)C(CO)NC(=O)CCCCCCCCCCCCCCCCCCOC(=O)CCCCCCCCCCCCC. The number of carbonyl (C=O) groups is 2. The number of nitrogens with one attached hydrogen (secondary N) is 1. The van der Waals surface area contributed by atoms with Crippen LogP contribution in [0.2, 0.25) is 0 Å². The second kappa shape index (κ2) is 54.5. The van der Waals surface area contributed by atoms with Gasteiger partial charge in [0.25, 0.3) is 0 Å². The Kier molecular flexibility index (Phi) is 53.5. The Balaban J connectivity index is 3.42. The molecule has 2 atom stereocenters. The predicted molar refractivity (Wildman–Crippen MR) is 278 cm³/mol. The van der Waals surface area contributed by atoms with Crippen LogP contribution in [0.15, 0.2) is 0 Å². The number of esters is 1. The summed E-state index contributed by atoms with van der Waals surface area (Å²) in [4.78, 5) is 24.5. The number of aliphatic hydroxyl groups is 2. The maximum atomic E-state index is 12.5. The second-order valence-corrected chi connectivity index (χ2v) is 20.3. The molecule has 0 fully saturated rings. The highest BCUT2D eigenvalue weighted by atomic mass is 16.5. The van der Waals surface area contributed by atoms with Gasteiger partial charge in [-0.25, -0.2) is 0 Å². The Morgan fingerprint density at radius 1 is 0.375 bits per heavy atom. The fourth-order valence-electron chi connectivity index (χ4n) is 9.41. The van der Waals surface area contributed by atoms with Gasteiger partial charge in [-0.15, -0.1) is 0 Å². The molecule has 0 bridgehead atoms. The summed E-state index contributed by atoms with van der Waals surface area (Å²) >= 11 is 0. The van der Waals surface area contributed by atoms with Crippen LogP contribution in [0.25, 0.3) is 0 Å². The molecular weight excluding hydrogens is 791 g/mol. The monoisotopic (exact) mass is 906 g/mol. The average molecular weight is 907 g/mol. The summed E-state index contributed by atoms with van der Waals surface area (Å²) < 4.78 is 5.46. The van der Waals surface area contributed by atoms with Crippen LogP contribution < -0.4 is 5.32 Å². The van der Waals surface area contributed by atoms with E-state index in [9.17, 15) is 19.8 Å². The van der Waals surface area contributed by atoms with Crippen LogP contribution in [0.5, 0.6) is 0 Å². The van der Waals surface area contributed by atoms with E-state index in [0.29, 0.717) is 25.9 Å². The van der Waals surface area contributed by atoms with E-state index in [1.165, 1.54) is 257 Å². The lowest BCUT2D eigenvalue weighted by Crippen LogP contribution is -2.45. The maximum absolute atomic E-state index is 12.5. The molecule has 0 saturated heterocycles. The molecule has 0 aromatic heterocycles. The van der Waals surface area contributed by atoms with Gasteiger partial charge >= 0.3 is 5.97 Å². The van der Waals surface area contributed by atoms with Crippen molar-refractivity contribution in [1.82, 2.24) is 5.32 Å². The summed E-state index contributed by atoms with van der Waals surface area (Å²) in [6.45, 7) is 4.96. The molecule has 64 heavy (non-hydrogen) atoms. The third-order valence-electron chi connectivity index (χ3n) is 13.9. The Labute approximate surface area is 400 Å². The first-order valence-corrected chi connectivity index (χ1v) is 29.3. The maximum Gasteiger partial charge on any atom is 0.305 e. The van der Waals surface area contributed by atoms with E-state index in [-0.39, 0.29) is 18.5 Å². The molecule has 2 unspecified atom stereocenters. The van der Waals surface area contributed by atoms with Gasteiger partial charge in [0.15, 0.2) is 0 Å². The third kappa shape index (κ3) is 50.3. The molecule has 382 valence electrons. The number of hydrogen-bond donors (Lipinski definition) is 3. The van der Waals surface area contributed by atoms with Gasteiger partial charge in [-0.2, -0.15) is 0 Å². The topological polar surface area (TPSA) is 95.9 Å². The van der Waals surface area contributed by atoms with Crippen molar-refractivity contribution in [2.24, 2.45) is 0 Å². The lowest BCUT2D eigenvalue weighted by atomic mass is 10.0. The Hall–Kier alpha value is -1.14. The van der Waals surface area contributed by atoms with Gasteiger partial charge in [-0.05, 0) is 25.7 Å². The molecule has 0 saturated carbocycles. The quantitative estimate of drug-likeness (QED) is 0.0417. The third-order valence-corrected chi connectivity index (χ3v) is 13.9. The van der Waals surface area contributed by atoms with Crippen LogP contribution in [-0.2, 0) is 14.3 Å². The highest BCUT2D eigenvalue weighted by Gasteiger charge is 2.20. The lowest BCUT2D eigenvalue weighted by molar-refractivity contribution is -0.143. The van der Waals surface area contributed by atoms with Gasteiger partial charge in [0.1, 0.15) is 0 Å². The molecule has 0 aliphatic heterocycles. The predicted octanol–water partition coefficient (Wildman–Crippen LogP) is 17.9. The minimum atomic E-state index is -0.668. The molecule has 6 nitrogen and oxygen atoms in total. The van der Waals surface area contributed by atoms with Crippen molar-refractivity contribution >= 4 is 11.9 Å². The van der Waals surface area contributed by atoms with Gasteiger partial charge < -0.3 is 20.3 Å². The van der Waals surface area contributed by atoms with Crippen LogP contribution in [0.3, 0.4) is 0 Å². The molecule has 3 N–H and O–H groups in total. The van der Waals surface area contributed by atoms with E-state index in [4.69, 9.17) is 4.74 Å². The molecule has 0 rings (SSSR count). The molecule has 0 heterocycles. The highest BCUT2D eigenvalue weighted by Crippen LogP contribution is 2.18. The van der Waals surface area contributed by atoms with Crippen molar-refractivity contribution in [3.8, 4) is 0 Å². The van der Waals surface area contributed by atoms with Gasteiger partial charge in [0.05, 0.1) is 25.4 Å². The van der Waals surface area contributed by atoms with E-state index in [1.54, 1.807) is 0 Å². The number of carbonyl (C=O) groups excluding carboxylic acids is 2. The number of amides is 1. The standard InChI is InChI=1S/C58H115NO5/c1-3-5-7-9-11-13-15-16-17-18-19-20-21-24-27-31-34-38-42-46-50-56(61)55(54-60)59-57(62)51-47-43-39-35-32-28-25-22-23-26-29-33-37-41-45-49-53-64-58(63)52-48-44-40-36-30-14-12-10-8-6-4-2/h55-56,60-61H,3-54H2,1-2H3,(H,59,62). The van der Waals surface area contributed by atoms with Gasteiger partial charge in [-0.1, -0.05) is 296 Å². The van der Waals surface area contributed by atoms with E-state index in [1.807, 2.05) is 0 Å². The number of rotatable bonds is 55. The molecule has 0 aliphatic carbocycles. The molecule has 0 aliphatic rings. The van der Waals surface area contributed by atoms with Crippen molar-refractivity contribution in [3.05, 3.63) is 0 Å². The fourth-order valence-corrected chi connectivity index (χ4v) is 9.41. The average Bonchev–Trinajstić information content (AvgIpc) is 3.29. The number of unbranched alkanes of at least 4 members (excludes halogenated alkanes) is 44. The summed E-state index contributed by atoms with van der Waals surface area (Å²) in [5.41, 5.74) is 0. The largest absolute Gasteiger partial charge is 0.466 e. The first-order valence-electron chi connectivity index (χ1n) is 29.3. The van der Waals surface area contributed by atoms with Gasteiger partial charge in [-0.3, -0.25) is 9.59 Å². The van der Waals surface area contributed by atoms with Crippen LogP contribution >= 0.6 is 0 Å². The van der Waals surface area contributed by atoms with Gasteiger partial charge in [0.2, 0.25) is 5.91 Å². The van der Waals surface area contributed by atoms with Crippen LogP contribution in [-0.4, -0.2) is 47.4 Å². The smallest absolute Gasteiger partial charge is 0.305 e. The molecule has 0 aromatic carbocycles. The van der Waals surface area contributed by atoms with E-state index < -0.39 is 12.1 Å². The summed E-state index contributed by atoms with van der Waals surface area (Å²) in [6.07, 6.45) is 62.3. The van der Waals surface area contributed by atoms with E-state index >= 15 is 0 Å². The molecule has 6 heteroatoms. The minimum Gasteiger partial charge on any atom is -0.466 e. The highest BCUT2D eigenvalue weighted by molar-refractivity contribution is 5.76. The molecule has 1 amide bonds. The number of aliphatic hydroxyl groups excluding tert-OH is 2. The molecule has 0 spiro atoms. The van der Waals surface area contributed by atoms with Gasteiger partial charge in [0, 0.05) is 12.8 Å². The first-order chi connectivity index (χ1) is 31.5. The second-order valence-electron chi connectivity index (χ2n) is 20.3. The lowest BCUT2D eigenvalue weighted by Gasteiger charge is -2.22. The Morgan fingerprint density at radius 2 is 0.641 bits per heavy atom. The summed E-state index contributed by atoms with van der Waals surface area (Å²) in [6, 6.07) is -0.546. The van der Waals surface area contributed by atoms with Crippen LogP contribution in [0.4, 0.5) is 0 Å². The number of ether oxygens (including phenoxy) is 1. The Morgan fingerprint density at radius 3 is 0.953 bits per heavy atom. The first kappa shape index (κ1) is 62.9. The normalized spacial score (nSPS) is 12.5. The molecular formula is C58H115NO5. The van der Waals surface area contributed by atoms with Crippen LogP contribution in [0.1, 0.15) is 335 Å². The molecule has 0 aromatic rings. The van der Waals surface area contributed by atoms with Crippen molar-refractivity contribution in [3.63, 3.8) is 0 Å².